The van der Waals surface area contributed by atoms with E-state index in [0.29, 0.717) is 19.7 Å². The molecule has 1 atom stereocenters. The number of nitrogens with one attached hydrogen (secondary N) is 2. The summed E-state index contributed by atoms with van der Waals surface area (Å²) in [5, 5.41) is 6.16. The fourth-order valence-electron chi connectivity index (χ4n) is 1.88. The summed E-state index contributed by atoms with van der Waals surface area (Å²) < 4.78 is 6.86. The van der Waals surface area contributed by atoms with E-state index >= 15 is 0 Å². The largest absolute Gasteiger partial charge is 0.383 e. The van der Waals surface area contributed by atoms with Crippen molar-refractivity contribution in [3.63, 3.8) is 0 Å². The molecule has 0 aliphatic rings. The number of rotatable bonds is 8. The van der Waals surface area contributed by atoms with E-state index in [9.17, 15) is 4.79 Å². The highest BCUT2D eigenvalue weighted by atomic mass is 16.5. The molecule has 0 radical (unpaired) electrons. The van der Waals surface area contributed by atoms with Gasteiger partial charge in [-0.3, -0.25) is 4.79 Å². The van der Waals surface area contributed by atoms with Gasteiger partial charge in [0.25, 0.3) is 0 Å². The van der Waals surface area contributed by atoms with Gasteiger partial charge in [-0.2, -0.15) is 0 Å². The zero-order valence-corrected chi connectivity index (χ0v) is 11.4. The van der Waals surface area contributed by atoms with E-state index in [-0.39, 0.29) is 11.9 Å². The molecule has 1 unspecified atom stereocenters. The molecule has 0 aliphatic heterocycles. The van der Waals surface area contributed by atoms with Crippen LogP contribution in [0.15, 0.2) is 18.3 Å². The number of hydrogen-bond acceptors (Lipinski definition) is 3. The van der Waals surface area contributed by atoms with Crippen molar-refractivity contribution < 1.29 is 9.53 Å². The molecule has 1 aromatic heterocycles. The fourth-order valence-corrected chi connectivity index (χ4v) is 1.88. The molecule has 0 bridgehead atoms. The van der Waals surface area contributed by atoms with E-state index in [2.05, 4.69) is 24.5 Å². The van der Waals surface area contributed by atoms with Crippen LogP contribution in [0, 0.1) is 0 Å². The van der Waals surface area contributed by atoms with Gasteiger partial charge in [-0.05, 0) is 25.6 Å². The molecule has 5 heteroatoms. The molecule has 0 saturated heterocycles. The lowest BCUT2D eigenvalue weighted by Gasteiger charge is -2.16. The van der Waals surface area contributed by atoms with Gasteiger partial charge < -0.3 is 19.9 Å². The van der Waals surface area contributed by atoms with Crippen LogP contribution in [0.25, 0.3) is 0 Å². The minimum atomic E-state index is 0.00759. The second-order valence-electron chi connectivity index (χ2n) is 4.18. The number of hydrogen-bond donors (Lipinski definition) is 2. The fraction of sp³-hybridized carbons (Fsp3) is 0.615. The minimum Gasteiger partial charge on any atom is -0.383 e. The number of nitrogens with zero attached hydrogens (tertiary/aromatic N) is 1. The van der Waals surface area contributed by atoms with E-state index in [1.807, 2.05) is 22.9 Å². The van der Waals surface area contributed by atoms with Gasteiger partial charge >= 0.3 is 0 Å². The molecule has 5 nitrogen and oxygen atoms in total. The van der Waals surface area contributed by atoms with Crippen molar-refractivity contribution >= 4 is 5.91 Å². The predicted molar refractivity (Wildman–Crippen MR) is 71.4 cm³/mol. The molecule has 0 saturated carbocycles. The van der Waals surface area contributed by atoms with Crippen LogP contribution >= 0.6 is 0 Å². The van der Waals surface area contributed by atoms with Crippen molar-refractivity contribution in [2.45, 2.75) is 26.4 Å². The average Bonchev–Trinajstić information content (AvgIpc) is 2.78. The topological polar surface area (TPSA) is 55.3 Å². The molecular formula is C13H23N3O2. The van der Waals surface area contributed by atoms with Gasteiger partial charge in [-0.15, -0.1) is 0 Å². The Balaban J connectivity index is 2.51. The molecule has 1 rings (SSSR count). The van der Waals surface area contributed by atoms with E-state index in [4.69, 9.17) is 4.74 Å². The third kappa shape index (κ3) is 4.50. The average molecular weight is 253 g/mol. The lowest BCUT2D eigenvalue weighted by Crippen LogP contribution is -2.31. The zero-order chi connectivity index (χ0) is 13.4. The first-order valence-corrected chi connectivity index (χ1v) is 6.33. The van der Waals surface area contributed by atoms with E-state index in [1.54, 1.807) is 7.11 Å². The van der Waals surface area contributed by atoms with Crippen LogP contribution in [-0.2, 0) is 16.1 Å². The van der Waals surface area contributed by atoms with Crippen LogP contribution in [0.4, 0.5) is 0 Å². The highest BCUT2D eigenvalue weighted by molar-refractivity contribution is 5.75. The van der Waals surface area contributed by atoms with Crippen molar-refractivity contribution in [2.75, 3.05) is 26.8 Å². The van der Waals surface area contributed by atoms with Crippen molar-refractivity contribution in [3.8, 4) is 0 Å². The molecule has 0 aliphatic carbocycles. The van der Waals surface area contributed by atoms with Crippen molar-refractivity contribution in [1.82, 2.24) is 15.2 Å². The van der Waals surface area contributed by atoms with Gasteiger partial charge in [0.2, 0.25) is 5.91 Å². The summed E-state index contributed by atoms with van der Waals surface area (Å²) >= 11 is 0. The molecule has 0 fully saturated rings. The second kappa shape index (κ2) is 7.89. The van der Waals surface area contributed by atoms with Gasteiger partial charge in [0.1, 0.15) is 6.54 Å². The number of carbonyl (C=O) groups excluding carboxylic acids is 1. The standard InChI is InChI=1S/C13H23N3O2/c1-4-14-11(2)12-6-5-8-16(12)10-13(17)15-7-9-18-3/h5-6,8,11,14H,4,7,9-10H2,1-3H3,(H,15,17). The van der Waals surface area contributed by atoms with E-state index in [0.717, 1.165) is 12.2 Å². The predicted octanol–water partition coefficient (Wildman–Crippen LogP) is 0.921. The molecule has 102 valence electrons. The highest BCUT2D eigenvalue weighted by Crippen LogP contribution is 2.12. The summed E-state index contributed by atoms with van der Waals surface area (Å²) in [6, 6.07) is 4.25. The lowest BCUT2D eigenvalue weighted by atomic mass is 10.2. The maximum Gasteiger partial charge on any atom is 0.240 e. The molecule has 1 aromatic rings. The molecule has 1 heterocycles. The van der Waals surface area contributed by atoms with Crippen LogP contribution < -0.4 is 10.6 Å². The quantitative estimate of drug-likeness (QED) is 0.677. The van der Waals surface area contributed by atoms with Crippen LogP contribution in [0.5, 0.6) is 0 Å². The SMILES string of the molecule is CCNC(C)c1cccn1CC(=O)NCCOC. The summed E-state index contributed by atoms with van der Waals surface area (Å²) in [7, 11) is 1.62. The van der Waals surface area contributed by atoms with Crippen molar-refractivity contribution in [2.24, 2.45) is 0 Å². The molecule has 18 heavy (non-hydrogen) atoms. The number of amides is 1. The number of carbonyl (C=O) groups is 1. The Kier molecular flexibility index (Phi) is 6.46. The third-order valence-electron chi connectivity index (χ3n) is 2.76. The van der Waals surface area contributed by atoms with E-state index in [1.165, 1.54) is 0 Å². The van der Waals surface area contributed by atoms with Crippen LogP contribution in [0.1, 0.15) is 25.6 Å². The van der Waals surface area contributed by atoms with Crippen LogP contribution in [0.2, 0.25) is 0 Å². The molecule has 1 amide bonds. The second-order valence-corrected chi connectivity index (χ2v) is 4.18. The Morgan fingerprint density at radius 1 is 1.56 bits per heavy atom. The maximum atomic E-state index is 11.7. The first-order valence-electron chi connectivity index (χ1n) is 6.33. The Bertz CT molecular complexity index is 363. The summed E-state index contributed by atoms with van der Waals surface area (Å²) in [6.07, 6.45) is 1.93. The molecular weight excluding hydrogens is 230 g/mol. The van der Waals surface area contributed by atoms with E-state index < -0.39 is 0 Å². The van der Waals surface area contributed by atoms with Gasteiger partial charge in [-0.1, -0.05) is 6.92 Å². The Labute approximate surface area is 109 Å². The van der Waals surface area contributed by atoms with Gasteiger partial charge in [0.05, 0.1) is 6.61 Å². The van der Waals surface area contributed by atoms with Gasteiger partial charge in [0.15, 0.2) is 0 Å². The van der Waals surface area contributed by atoms with Gasteiger partial charge in [-0.25, -0.2) is 0 Å². The highest BCUT2D eigenvalue weighted by Gasteiger charge is 2.10. The lowest BCUT2D eigenvalue weighted by molar-refractivity contribution is -0.121. The smallest absolute Gasteiger partial charge is 0.240 e. The monoisotopic (exact) mass is 253 g/mol. The molecule has 2 N–H and O–H groups in total. The first kappa shape index (κ1) is 14.7. The summed E-state index contributed by atoms with van der Waals surface area (Å²) in [6.45, 7) is 6.51. The number of aromatic nitrogens is 1. The Morgan fingerprint density at radius 3 is 3.00 bits per heavy atom. The van der Waals surface area contributed by atoms with Crippen molar-refractivity contribution in [3.05, 3.63) is 24.0 Å². The van der Waals surface area contributed by atoms with Crippen LogP contribution in [-0.4, -0.2) is 37.3 Å². The first-order chi connectivity index (χ1) is 8.69. The summed E-state index contributed by atoms with van der Waals surface area (Å²) in [5.74, 6) is 0.00759. The Morgan fingerprint density at radius 2 is 2.33 bits per heavy atom. The van der Waals surface area contributed by atoms with Crippen molar-refractivity contribution in [1.29, 1.82) is 0 Å². The minimum absolute atomic E-state index is 0.00759. The maximum absolute atomic E-state index is 11.7. The van der Waals surface area contributed by atoms with Crippen LogP contribution in [0.3, 0.4) is 0 Å². The number of ether oxygens (including phenoxy) is 1. The molecule has 0 spiro atoms. The normalized spacial score (nSPS) is 12.4. The van der Waals surface area contributed by atoms with Gasteiger partial charge in [0, 0.05) is 31.6 Å². The number of methoxy groups -OCH3 is 1. The zero-order valence-electron chi connectivity index (χ0n) is 11.4. The molecule has 0 aromatic carbocycles. The summed E-state index contributed by atoms with van der Waals surface area (Å²) in [5.41, 5.74) is 1.12. The third-order valence-corrected chi connectivity index (χ3v) is 2.76. The Hall–Kier alpha value is -1.33. The summed E-state index contributed by atoms with van der Waals surface area (Å²) in [4.78, 5) is 11.7.